The van der Waals surface area contributed by atoms with E-state index < -0.39 is 11.6 Å². The number of carbonyl (C=O) groups excluding carboxylic acids is 1. The van der Waals surface area contributed by atoms with Crippen LogP contribution in [0.2, 0.25) is 0 Å². The van der Waals surface area contributed by atoms with E-state index in [1.807, 2.05) is 6.07 Å². The van der Waals surface area contributed by atoms with Crippen LogP contribution in [0.4, 0.5) is 8.78 Å². The fraction of sp³-hybridized carbons (Fsp3) is 0.312. The van der Waals surface area contributed by atoms with Crippen molar-refractivity contribution in [1.82, 2.24) is 4.90 Å². The van der Waals surface area contributed by atoms with Crippen molar-refractivity contribution < 1.29 is 18.3 Å². The van der Waals surface area contributed by atoms with Gasteiger partial charge in [-0.2, -0.15) is 0 Å². The first-order chi connectivity index (χ1) is 10.5. The maximum atomic E-state index is 13.7. The highest BCUT2D eigenvalue weighted by Gasteiger charge is 2.21. The second kappa shape index (κ2) is 6.14. The quantitative estimate of drug-likeness (QED) is 0.810. The molecule has 6 heteroatoms. The van der Waals surface area contributed by atoms with Crippen LogP contribution in [-0.2, 0) is 24.3 Å². The lowest BCUT2D eigenvalue weighted by Gasteiger charge is -2.26. The van der Waals surface area contributed by atoms with Crippen molar-refractivity contribution in [3.63, 3.8) is 0 Å². The van der Waals surface area contributed by atoms with Crippen LogP contribution in [0, 0.1) is 11.6 Å². The highest BCUT2D eigenvalue weighted by Crippen LogP contribution is 2.33. The SMILES string of the molecule is CC(=O)Oc1cc2c(s1)CCN(Cc1cc(F)ccc1F)C2. The first-order valence-electron chi connectivity index (χ1n) is 6.97. The second-order valence-electron chi connectivity index (χ2n) is 5.30. The number of benzene rings is 1. The zero-order valence-electron chi connectivity index (χ0n) is 12.1. The number of thiophene rings is 1. The molecule has 0 unspecified atom stereocenters. The van der Waals surface area contributed by atoms with Gasteiger partial charge >= 0.3 is 5.97 Å². The summed E-state index contributed by atoms with van der Waals surface area (Å²) in [7, 11) is 0. The number of ether oxygens (including phenoxy) is 1. The van der Waals surface area contributed by atoms with Crippen LogP contribution in [0.15, 0.2) is 24.3 Å². The predicted molar refractivity (Wildman–Crippen MR) is 79.8 cm³/mol. The lowest BCUT2D eigenvalue weighted by Crippen LogP contribution is -2.29. The molecule has 1 aromatic heterocycles. The summed E-state index contributed by atoms with van der Waals surface area (Å²) in [6.07, 6.45) is 0.818. The van der Waals surface area contributed by atoms with E-state index in [9.17, 15) is 13.6 Å². The fourth-order valence-electron chi connectivity index (χ4n) is 2.60. The van der Waals surface area contributed by atoms with Crippen LogP contribution >= 0.6 is 11.3 Å². The molecule has 0 amide bonds. The molecule has 0 atom stereocenters. The van der Waals surface area contributed by atoms with Gasteiger partial charge in [0.15, 0.2) is 5.06 Å². The Bertz CT molecular complexity index is 714. The second-order valence-corrected chi connectivity index (χ2v) is 6.40. The van der Waals surface area contributed by atoms with Gasteiger partial charge in [0.05, 0.1) is 0 Å². The summed E-state index contributed by atoms with van der Waals surface area (Å²) in [4.78, 5) is 14.2. The van der Waals surface area contributed by atoms with E-state index in [0.717, 1.165) is 30.7 Å². The Morgan fingerprint density at radius 3 is 2.95 bits per heavy atom. The van der Waals surface area contributed by atoms with Gasteiger partial charge in [0.2, 0.25) is 0 Å². The molecule has 2 heterocycles. The zero-order valence-corrected chi connectivity index (χ0v) is 12.9. The summed E-state index contributed by atoms with van der Waals surface area (Å²) < 4.78 is 32.1. The Balaban J connectivity index is 1.72. The molecule has 0 radical (unpaired) electrons. The van der Waals surface area contributed by atoms with Gasteiger partial charge in [-0.3, -0.25) is 9.69 Å². The van der Waals surface area contributed by atoms with Crippen molar-refractivity contribution in [3.05, 3.63) is 51.9 Å². The number of hydrogen-bond acceptors (Lipinski definition) is 4. The van der Waals surface area contributed by atoms with E-state index >= 15 is 0 Å². The molecule has 0 saturated carbocycles. The Kier molecular flexibility index (Phi) is 4.22. The van der Waals surface area contributed by atoms with E-state index in [2.05, 4.69) is 4.90 Å². The van der Waals surface area contributed by atoms with Crippen LogP contribution < -0.4 is 4.74 Å². The number of hydrogen-bond donors (Lipinski definition) is 0. The van der Waals surface area contributed by atoms with E-state index in [4.69, 9.17) is 4.74 Å². The van der Waals surface area contributed by atoms with Gasteiger partial charge in [0.1, 0.15) is 11.6 Å². The van der Waals surface area contributed by atoms with Crippen molar-refractivity contribution in [2.45, 2.75) is 26.4 Å². The van der Waals surface area contributed by atoms with Crippen molar-refractivity contribution in [2.24, 2.45) is 0 Å². The van der Waals surface area contributed by atoms with E-state index in [1.54, 1.807) is 0 Å². The first kappa shape index (κ1) is 15.1. The summed E-state index contributed by atoms with van der Waals surface area (Å²) in [5.41, 5.74) is 1.45. The molecule has 0 N–H and O–H groups in total. The minimum atomic E-state index is -0.429. The van der Waals surface area contributed by atoms with E-state index in [0.29, 0.717) is 23.7 Å². The minimum Gasteiger partial charge on any atom is -0.416 e. The van der Waals surface area contributed by atoms with Gasteiger partial charge in [0.25, 0.3) is 0 Å². The average molecular weight is 323 g/mol. The molecular weight excluding hydrogens is 308 g/mol. The first-order valence-corrected chi connectivity index (χ1v) is 7.79. The van der Waals surface area contributed by atoms with Gasteiger partial charge in [0, 0.05) is 37.0 Å². The van der Waals surface area contributed by atoms with E-state index in [-0.39, 0.29) is 5.97 Å². The molecule has 0 spiro atoms. The van der Waals surface area contributed by atoms with Gasteiger partial charge in [-0.15, -0.1) is 11.3 Å². The lowest BCUT2D eigenvalue weighted by atomic mass is 10.1. The smallest absolute Gasteiger partial charge is 0.308 e. The molecule has 0 fully saturated rings. The van der Waals surface area contributed by atoms with Crippen LogP contribution in [0.3, 0.4) is 0 Å². The maximum absolute atomic E-state index is 13.7. The van der Waals surface area contributed by atoms with Crippen molar-refractivity contribution >= 4 is 17.3 Å². The lowest BCUT2D eigenvalue weighted by molar-refractivity contribution is -0.131. The third-order valence-electron chi connectivity index (χ3n) is 3.57. The summed E-state index contributed by atoms with van der Waals surface area (Å²) >= 11 is 1.47. The molecule has 0 saturated heterocycles. The van der Waals surface area contributed by atoms with Gasteiger partial charge in [-0.05, 0) is 36.2 Å². The number of halogens is 2. The summed E-state index contributed by atoms with van der Waals surface area (Å²) in [6.45, 7) is 3.14. The topological polar surface area (TPSA) is 29.5 Å². The van der Waals surface area contributed by atoms with E-state index in [1.165, 1.54) is 29.2 Å². The molecule has 116 valence electrons. The fourth-order valence-corrected chi connectivity index (χ4v) is 3.65. The van der Waals surface area contributed by atoms with Gasteiger partial charge < -0.3 is 4.74 Å². The largest absolute Gasteiger partial charge is 0.416 e. The molecule has 3 rings (SSSR count). The highest BCUT2D eigenvalue weighted by molar-refractivity contribution is 7.14. The molecule has 22 heavy (non-hydrogen) atoms. The average Bonchev–Trinajstić information content (AvgIpc) is 2.83. The molecule has 1 aliphatic rings. The highest BCUT2D eigenvalue weighted by atomic mass is 32.1. The summed E-state index contributed by atoms with van der Waals surface area (Å²) in [6, 6.07) is 5.37. The minimum absolute atomic E-state index is 0.336. The van der Waals surface area contributed by atoms with Crippen LogP contribution in [0.1, 0.15) is 22.9 Å². The van der Waals surface area contributed by atoms with Gasteiger partial charge in [-0.25, -0.2) is 8.78 Å². The molecule has 0 bridgehead atoms. The van der Waals surface area contributed by atoms with Crippen molar-refractivity contribution in [3.8, 4) is 5.06 Å². The standard InChI is InChI=1S/C16H15F2NO2S/c1-10(20)21-16-7-12-9-19(5-4-15(12)22-16)8-11-6-13(17)2-3-14(11)18/h2-3,6-7H,4-5,8-9H2,1H3. The van der Waals surface area contributed by atoms with Crippen molar-refractivity contribution in [1.29, 1.82) is 0 Å². The maximum Gasteiger partial charge on any atom is 0.308 e. The number of fused-ring (bicyclic) bond motifs is 1. The molecule has 1 aliphatic heterocycles. The monoisotopic (exact) mass is 323 g/mol. The van der Waals surface area contributed by atoms with Gasteiger partial charge in [-0.1, -0.05) is 0 Å². The zero-order chi connectivity index (χ0) is 15.7. The predicted octanol–water partition coefficient (Wildman–Crippen LogP) is 3.51. The molecule has 2 aromatic rings. The van der Waals surface area contributed by atoms with Crippen LogP contribution in [0.5, 0.6) is 5.06 Å². The van der Waals surface area contributed by atoms with Crippen LogP contribution in [-0.4, -0.2) is 17.4 Å². The number of esters is 1. The Morgan fingerprint density at radius 1 is 1.36 bits per heavy atom. The Hall–Kier alpha value is -1.79. The summed E-state index contributed by atoms with van der Waals surface area (Å²) in [5, 5.41) is 0.594. The Morgan fingerprint density at radius 2 is 2.18 bits per heavy atom. The van der Waals surface area contributed by atoms with Crippen LogP contribution in [0.25, 0.3) is 0 Å². The molecular formula is C16H15F2NO2S. The molecule has 0 aliphatic carbocycles. The third-order valence-corrected chi connectivity index (χ3v) is 4.68. The molecule has 3 nitrogen and oxygen atoms in total. The van der Waals surface area contributed by atoms with Crippen molar-refractivity contribution in [2.75, 3.05) is 6.54 Å². The number of rotatable bonds is 3. The number of carbonyl (C=O) groups is 1. The normalized spacial score (nSPS) is 14.7. The Labute approximate surface area is 131 Å². The number of nitrogens with zero attached hydrogens (tertiary/aromatic N) is 1. The summed E-state index contributed by atoms with van der Waals surface area (Å²) in [5.74, 6) is -1.16. The third kappa shape index (κ3) is 3.34. The molecule has 1 aromatic carbocycles.